The number of anilines is 2. The van der Waals surface area contributed by atoms with E-state index < -0.39 is 11.2 Å². The molecule has 2 aromatic carbocycles. The Morgan fingerprint density at radius 1 is 1.18 bits per heavy atom. The average molecular weight is 576 g/mol. The van der Waals surface area contributed by atoms with Crippen LogP contribution < -0.4 is 30.7 Å². The molecular weight excluding hydrogens is 541 g/mol. The van der Waals surface area contributed by atoms with E-state index in [1.165, 1.54) is 24.7 Å². The van der Waals surface area contributed by atoms with Crippen LogP contribution in [-0.4, -0.2) is 94.0 Å². The van der Waals surface area contributed by atoms with Crippen LogP contribution in [0.1, 0.15) is 0 Å². The van der Waals surface area contributed by atoms with E-state index in [-0.39, 0.29) is 19.4 Å². The number of ether oxygens (including phenoxy) is 2. The van der Waals surface area contributed by atoms with Gasteiger partial charge < -0.3 is 30.3 Å². The van der Waals surface area contributed by atoms with Crippen molar-refractivity contribution >= 4 is 48.1 Å². The second-order valence-corrected chi connectivity index (χ2v) is 12.2. The Balaban J connectivity index is 1.46. The van der Waals surface area contributed by atoms with Crippen molar-refractivity contribution in [1.29, 1.82) is 0 Å². The zero-order valence-corrected chi connectivity index (χ0v) is 24.3. The molecule has 2 heterocycles. The highest BCUT2D eigenvalue weighted by atomic mass is 35.5. The predicted molar refractivity (Wildman–Crippen MR) is 159 cm³/mol. The summed E-state index contributed by atoms with van der Waals surface area (Å²) in [7, 11) is 3.26. The number of nitro groups is 1. The molecule has 0 amide bonds. The summed E-state index contributed by atoms with van der Waals surface area (Å²) < 4.78 is 11.4. The van der Waals surface area contributed by atoms with Crippen molar-refractivity contribution in [2.45, 2.75) is 6.29 Å². The molecule has 1 unspecified atom stereocenters. The molecule has 13 heteroatoms. The van der Waals surface area contributed by atoms with Crippen molar-refractivity contribution in [3.8, 4) is 11.5 Å². The van der Waals surface area contributed by atoms with Gasteiger partial charge in [-0.25, -0.2) is 4.99 Å². The fourth-order valence-electron chi connectivity index (χ4n) is 4.31. The minimum Gasteiger partial charge on any atom is -0.494 e. The number of nitrogens with one attached hydrogen (secondary N) is 3. The van der Waals surface area contributed by atoms with Crippen molar-refractivity contribution in [3.63, 3.8) is 0 Å². The van der Waals surface area contributed by atoms with E-state index in [4.69, 9.17) is 21.1 Å². The standard InChI is InChI=1S/C26H35ClN7O4P/c1-32-9-11-33(12-10-32)13-14-38-23-16-22(37-2)20(15-21(23)34(35)36)30-26-28-17-18(27)25(31-26)29-19-7-5-6-8-24(19)39(3)4/h5-8,15-17,26,29-31H,9-14H2,1-4H3. The van der Waals surface area contributed by atoms with Gasteiger partial charge in [0.2, 0.25) is 5.75 Å². The van der Waals surface area contributed by atoms with E-state index in [2.05, 4.69) is 57.2 Å². The lowest BCUT2D eigenvalue weighted by atomic mass is 10.2. The maximum Gasteiger partial charge on any atom is 0.313 e. The number of piperazine rings is 1. The lowest BCUT2D eigenvalue weighted by Gasteiger charge is -2.32. The number of rotatable bonds is 11. The third-order valence-electron chi connectivity index (χ3n) is 6.53. The molecule has 3 N–H and O–H groups in total. The van der Waals surface area contributed by atoms with Gasteiger partial charge in [0.05, 0.1) is 22.8 Å². The van der Waals surface area contributed by atoms with Gasteiger partial charge in [0.1, 0.15) is 18.2 Å². The minimum atomic E-state index is -0.649. The zero-order chi connectivity index (χ0) is 27.9. The van der Waals surface area contributed by atoms with Gasteiger partial charge in [-0.3, -0.25) is 15.0 Å². The van der Waals surface area contributed by atoms with Crippen molar-refractivity contribution < 1.29 is 14.4 Å². The van der Waals surface area contributed by atoms with Crippen molar-refractivity contribution in [2.75, 3.05) is 77.5 Å². The summed E-state index contributed by atoms with van der Waals surface area (Å²) in [5.74, 6) is 1.13. The summed E-state index contributed by atoms with van der Waals surface area (Å²) in [5.41, 5.74) is 1.19. The first-order valence-corrected chi connectivity index (χ1v) is 15.3. The Morgan fingerprint density at radius 3 is 2.62 bits per heavy atom. The number of likely N-dealkylation sites (N-methyl/N-ethyl adjacent to an activating group) is 1. The van der Waals surface area contributed by atoms with Gasteiger partial charge in [-0.15, -0.1) is 0 Å². The number of benzene rings is 2. The second kappa shape index (κ2) is 13.3. The first-order chi connectivity index (χ1) is 18.7. The highest BCUT2D eigenvalue weighted by Crippen LogP contribution is 2.38. The number of aliphatic imine (C=N–C) groups is 1. The van der Waals surface area contributed by atoms with Gasteiger partial charge in [-0.2, -0.15) is 0 Å². The van der Waals surface area contributed by atoms with E-state index >= 15 is 0 Å². The predicted octanol–water partition coefficient (Wildman–Crippen LogP) is 3.49. The minimum absolute atomic E-state index is 0.156. The van der Waals surface area contributed by atoms with Crippen LogP contribution in [-0.2, 0) is 0 Å². The Kier molecular flexibility index (Phi) is 9.85. The Bertz CT molecular complexity index is 1230. The molecule has 2 aliphatic heterocycles. The lowest BCUT2D eigenvalue weighted by molar-refractivity contribution is -0.385. The normalized spacial score (nSPS) is 18.2. The molecule has 0 aromatic heterocycles. The molecular formula is C26H35ClN7O4P. The molecule has 1 fully saturated rings. The molecule has 0 aliphatic carbocycles. The van der Waals surface area contributed by atoms with E-state index in [1.807, 2.05) is 18.2 Å². The molecule has 2 aromatic rings. The van der Waals surface area contributed by atoms with Crippen LogP contribution in [0.3, 0.4) is 0 Å². The molecule has 210 valence electrons. The number of nitrogens with zero attached hydrogens (tertiary/aromatic N) is 4. The molecule has 1 atom stereocenters. The van der Waals surface area contributed by atoms with Crippen LogP contribution in [0.5, 0.6) is 11.5 Å². The number of halogens is 1. The average Bonchev–Trinajstić information content (AvgIpc) is 2.92. The fraction of sp³-hybridized carbons (Fsp3) is 0.423. The van der Waals surface area contributed by atoms with Gasteiger partial charge >= 0.3 is 5.69 Å². The summed E-state index contributed by atoms with van der Waals surface area (Å²) in [5, 5.41) is 23.3. The lowest BCUT2D eigenvalue weighted by Crippen LogP contribution is -2.45. The fourth-order valence-corrected chi connectivity index (χ4v) is 5.47. The van der Waals surface area contributed by atoms with Gasteiger partial charge in [0, 0.05) is 56.8 Å². The Hall–Kier alpha value is -3.11. The maximum absolute atomic E-state index is 11.9. The van der Waals surface area contributed by atoms with Crippen LogP contribution in [0, 0.1) is 10.1 Å². The molecule has 4 rings (SSSR count). The van der Waals surface area contributed by atoms with Crippen LogP contribution >= 0.6 is 19.5 Å². The summed E-state index contributed by atoms with van der Waals surface area (Å²) in [6.07, 6.45) is 0.891. The Morgan fingerprint density at radius 2 is 1.92 bits per heavy atom. The third kappa shape index (κ3) is 7.51. The summed E-state index contributed by atoms with van der Waals surface area (Å²) in [6.45, 7) is 9.29. The molecule has 2 aliphatic rings. The van der Waals surface area contributed by atoms with Crippen molar-refractivity contribution in [1.82, 2.24) is 15.1 Å². The molecule has 0 saturated carbocycles. The van der Waals surface area contributed by atoms with E-state index in [9.17, 15) is 10.1 Å². The molecule has 0 bridgehead atoms. The van der Waals surface area contributed by atoms with Crippen LogP contribution in [0.2, 0.25) is 0 Å². The largest absolute Gasteiger partial charge is 0.494 e. The highest BCUT2D eigenvalue weighted by molar-refractivity contribution is 7.64. The van der Waals surface area contributed by atoms with E-state index in [0.717, 1.165) is 31.9 Å². The SMILES string of the molecule is COc1cc(OCCN2CCN(C)CC2)c([N+](=O)[O-])cc1NC1N=CC(Cl)=C(Nc2ccccc2P(C)C)N1. The Labute approximate surface area is 235 Å². The van der Waals surface area contributed by atoms with Gasteiger partial charge in [0.25, 0.3) is 0 Å². The van der Waals surface area contributed by atoms with E-state index in [1.54, 1.807) is 6.07 Å². The number of allylic oxidation sites excluding steroid dienone is 1. The molecule has 0 spiro atoms. The quantitative estimate of drug-likeness (QED) is 0.210. The molecule has 39 heavy (non-hydrogen) atoms. The number of hydrogen-bond acceptors (Lipinski definition) is 10. The van der Waals surface area contributed by atoms with Crippen molar-refractivity contribution in [3.05, 3.63) is 57.4 Å². The number of para-hydroxylation sites is 1. The molecule has 1 saturated heterocycles. The smallest absolute Gasteiger partial charge is 0.313 e. The van der Waals surface area contributed by atoms with Gasteiger partial charge in [0.15, 0.2) is 6.29 Å². The number of nitro benzene ring substituents is 1. The van der Waals surface area contributed by atoms with Crippen molar-refractivity contribution in [2.24, 2.45) is 4.99 Å². The monoisotopic (exact) mass is 575 g/mol. The van der Waals surface area contributed by atoms with E-state index in [0.29, 0.717) is 35.4 Å². The van der Waals surface area contributed by atoms with Gasteiger partial charge in [-0.05, 0) is 31.7 Å². The first kappa shape index (κ1) is 28.9. The highest BCUT2D eigenvalue weighted by Gasteiger charge is 2.24. The zero-order valence-electron chi connectivity index (χ0n) is 22.6. The summed E-state index contributed by atoms with van der Waals surface area (Å²) in [6, 6.07) is 11.0. The number of hydrogen-bond donors (Lipinski definition) is 3. The number of methoxy groups -OCH3 is 1. The molecule has 0 radical (unpaired) electrons. The third-order valence-corrected chi connectivity index (χ3v) is 8.17. The van der Waals surface area contributed by atoms with Crippen LogP contribution in [0.15, 0.2) is 52.2 Å². The summed E-state index contributed by atoms with van der Waals surface area (Å²) in [4.78, 5) is 20.4. The van der Waals surface area contributed by atoms with Crippen LogP contribution in [0.4, 0.5) is 17.1 Å². The molecule has 11 nitrogen and oxygen atoms in total. The van der Waals surface area contributed by atoms with Gasteiger partial charge in [-0.1, -0.05) is 37.7 Å². The van der Waals surface area contributed by atoms with Crippen LogP contribution in [0.25, 0.3) is 0 Å². The first-order valence-electron chi connectivity index (χ1n) is 12.6. The topological polar surface area (TPSA) is 117 Å². The maximum atomic E-state index is 11.9. The second-order valence-electron chi connectivity index (χ2n) is 9.50. The summed E-state index contributed by atoms with van der Waals surface area (Å²) >= 11 is 6.44.